The van der Waals surface area contributed by atoms with Gasteiger partial charge in [-0.1, -0.05) is 32.5 Å². The number of hydrogen-bond donors (Lipinski definition) is 1. The topological polar surface area (TPSA) is 24.9 Å². The Morgan fingerprint density at radius 1 is 1.44 bits per heavy atom. The average molecular weight is 258 g/mol. The zero-order valence-electron chi connectivity index (χ0n) is 10.6. The molecule has 0 aliphatic carbocycles. The lowest BCUT2D eigenvalue weighted by molar-refractivity contribution is 0.539. The Bertz CT molecular complexity index is 297. The van der Waals surface area contributed by atoms with Crippen LogP contribution < -0.4 is 5.32 Å². The Kier molecular flexibility index (Phi) is 6.39. The minimum absolute atomic E-state index is 0.595. The highest BCUT2D eigenvalue weighted by molar-refractivity contribution is 8.01. The van der Waals surface area contributed by atoms with Crippen LogP contribution in [0.25, 0.3) is 0 Å². The summed E-state index contributed by atoms with van der Waals surface area (Å²) >= 11 is 3.61. The standard InChI is InChI=1S/C12H22N2S2/c1-9(2)5-6-13-7-11(4)16-12-14-10(3)8-15-12/h8-9,11,13H,5-7H2,1-4H3. The normalized spacial score (nSPS) is 13.3. The molecule has 1 atom stereocenters. The Labute approximate surface area is 107 Å². The van der Waals surface area contributed by atoms with Gasteiger partial charge < -0.3 is 5.32 Å². The first-order valence-electron chi connectivity index (χ1n) is 5.87. The Morgan fingerprint density at radius 3 is 2.75 bits per heavy atom. The first-order valence-corrected chi connectivity index (χ1v) is 7.63. The molecular weight excluding hydrogens is 236 g/mol. The van der Waals surface area contributed by atoms with Crippen LogP contribution in [0.4, 0.5) is 0 Å². The molecule has 1 rings (SSSR count). The Hall–Kier alpha value is -0.0600. The molecule has 1 heterocycles. The van der Waals surface area contributed by atoms with Gasteiger partial charge in [-0.05, 0) is 25.8 Å². The van der Waals surface area contributed by atoms with Crippen LogP contribution >= 0.6 is 23.1 Å². The van der Waals surface area contributed by atoms with Gasteiger partial charge in [0.1, 0.15) is 4.34 Å². The maximum atomic E-state index is 4.46. The Morgan fingerprint density at radius 2 is 2.19 bits per heavy atom. The second-order valence-corrected chi connectivity index (χ2v) is 7.11. The van der Waals surface area contributed by atoms with Gasteiger partial charge in [-0.25, -0.2) is 4.98 Å². The predicted molar refractivity (Wildman–Crippen MR) is 74.5 cm³/mol. The van der Waals surface area contributed by atoms with Gasteiger partial charge in [-0.15, -0.1) is 11.3 Å². The fourth-order valence-electron chi connectivity index (χ4n) is 1.30. The number of aromatic nitrogens is 1. The van der Waals surface area contributed by atoms with Gasteiger partial charge in [0, 0.05) is 22.9 Å². The van der Waals surface area contributed by atoms with E-state index in [0.29, 0.717) is 5.25 Å². The second kappa shape index (κ2) is 7.30. The molecule has 16 heavy (non-hydrogen) atoms. The zero-order chi connectivity index (χ0) is 12.0. The quantitative estimate of drug-likeness (QED) is 0.598. The first kappa shape index (κ1) is 14.0. The third-order valence-corrected chi connectivity index (χ3v) is 4.42. The third kappa shape index (κ3) is 5.87. The number of nitrogens with zero attached hydrogens (tertiary/aromatic N) is 1. The van der Waals surface area contributed by atoms with Crippen molar-refractivity contribution in [2.24, 2.45) is 5.92 Å². The van der Waals surface area contributed by atoms with Gasteiger partial charge >= 0.3 is 0 Å². The summed E-state index contributed by atoms with van der Waals surface area (Å²) in [7, 11) is 0. The lowest BCUT2D eigenvalue weighted by Gasteiger charge is -2.11. The summed E-state index contributed by atoms with van der Waals surface area (Å²) in [5.74, 6) is 0.789. The van der Waals surface area contributed by atoms with Crippen molar-refractivity contribution in [1.29, 1.82) is 0 Å². The highest BCUT2D eigenvalue weighted by Crippen LogP contribution is 2.25. The van der Waals surface area contributed by atoms with Crippen molar-refractivity contribution < 1.29 is 0 Å². The molecule has 1 N–H and O–H groups in total. The van der Waals surface area contributed by atoms with Gasteiger partial charge in [0.25, 0.3) is 0 Å². The lowest BCUT2D eigenvalue weighted by atomic mass is 10.1. The van der Waals surface area contributed by atoms with E-state index in [-0.39, 0.29) is 0 Å². The van der Waals surface area contributed by atoms with Crippen molar-refractivity contribution in [3.05, 3.63) is 11.1 Å². The minimum Gasteiger partial charge on any atom is -0.316 e. The third-order valence-electron chi connectivity index (χ3n) is 2.23. The number of rotatable bonds is 7. The van der Waals surface area contributed by atoms with E-state index >= 15 is 0 Å². The van der Waals surface area contributed by atoms with Crippen molar-refractivity contribution >= 4 is 23.1 Å². The summed E-state index contributed by atoms with van der Waals surface area (Å²) in [5.41, 5.74) is 1.13. The van der Waals surface area contributed by atoms with Crippen molar-refractivity contribution in [3.63, 3.8) is 0 Å². The highest BCUT2D eigenvalue weighted by atomic mass is 32.2. The van der Waals surface area contributed by atoms with Crippen LogP contribution in [0.1, 0.15) is 32.9 Å². The molecule has 92 valence electrons. The molecule has 1 unspecified atom stereocenters. The molecule has 0 radical (unpaired) electrons. The SMILES string of the molecule is Cc1csc(SC(C)CNCCC(C)C)n1. The van der Waals surface area contributed by atoms with Gasteiger partial charge in [-0.3, -0.25) is 0 Å². The van der Waals surface area contributed by atoms with E-state index in [4.69, 9.17) is 0 Å². The van der Waals surface area contributed by atoms with Crippen LogP contribution in [0.15, 0.2) is 9.72 Å². The monoisotopic (exact) mass is 258 g/mol. The molecule has 4 heteroatoms. The average Bonchev–Trinajstić information content (AvgIpc) is 2.58. The molecule has 2 nitrogen and oxygen atoms in total. The number of hydrogen-bond acceptors (Lipinski definition) is 4. The van der Waals surface area contributed by atoms with Gasteiger partial charge in [0.2, 0.25) is 0 Å². The van der Waals surface area contributed by atoms with Crippen molar-refractivity contribution in [2.45, 2.75) is 43.7 Å². The molecular formula is C12H22N2S2. The van der Waals surface area contributed by atoms with Gasteiger partial charge in [0.15, 0.2) is 0 Å². The van der Waals surface area contributed by atoms with E-state index in [1.807, 2.05) is 18.7 Å². The van der Waals surface area contributed by atoms with E-state index in [0.717, 1.165) is 24.7 Å². The van der Waals surface area contributed by atoms with Crippen LogP contribution in [0, 0.1) is 12.8 Å². The summed E-state index contributed by atoms with van der Waals surface area (Å²) < 4.78 is 1.19. The predicted octanol–water partition coefficient (Wildman–Crippen LogP) is 3.57. The van der Waals surface area contributed by atoms with Crippen LogP contribution in [0.2, 0.25) is 0 Å². The van der Waals surface area contributed by atoms with Crippen molar-refractivity contribution in [1.82, 2.24) is 10.3 Å². The summed E-state index contributed by atoms with van der Waals surface area (Å²) in [6.07, 6.45) is 1.26. The molecule has 0 fully saturated rings. The van der Waals surface area contributed by atoms with E-state index in [1.165, 1.54) is 10.8 Å². The molecule has 0 aliphatic rings. The number of nitrogens with one attached hydrogen (secondary N) is 1. The number of aryl methyl sites for hydroxylation is 1. The van der Waals surface area contributed by atoms with Crippen LogP contribution in [-0.2, 0) is 0 Å². The highest BCUT2D eigenvalue weighted by Gasteiger charge is 2.06. The fourth-order valence-corrected chi connectivity index (χ4v) is 3.42. The number of thioether (sulfide) groups is 1. The zero-order valence-corrected chi connectivity index (χ0v) is 12.3. The fraction of sp³-hybridized carbons (Fsp3) is 0.750. The van der Waals surface area contributed by atoms with E-state index in [9.17, 15) is 0 Å². The molecule has 1 aromatic rings. The van der Waals surface area contributed by atoms with Gasteiger partial charge in [-0.2, -0.15) is 0 Å². The van der Waals surface area contributed by atoms with Crippen LogP contribution in [0.5, 0.6) is 0 Å². The van der Waals surface area contributed by atoms with Gasteiger partial charge in [0.05, 0.1) is 0 Å². The van der Waals surface area contributed by atoms with E-state index in [1.54, 1.807) is 11.3 Å². The summed E-state index contributed by atoms with van der Waals surface area (Å²) in [6.45, 7) is 11.0. The molecule has 0 saturated carbocycles. The summed E-state index contributed by atoms with van der Waals surface area (Å²) in [5, 5.41) is 6.21. The van der Waals surface area contributed by atoms with Crippen LogP contribution in [-0.4, -0.2) is 23.3 Å². The minimum atomic E-state index is 0.595. The van der Waals surface area contributed by atoms with Crippen LogP contribution in [0.3, 0.4) is 0 Å². The first-order chi connectivity index (χ1) is 7.58. The molecule has 0 amide bonds. The lowest BCUT2D eigenvalue weighted by Crippen LogP contribution is -2.24. The molecule has 0 spiro atoms. The number of thiazole rings is 1. The van der Waals surface area contributed by atoms with E-state index in [2.05, 4.69) is 36.5 Å². The summed E-state index contributed by atoms with van der Waals surface area (Å²) in [6, 6.07) is 0. The van der Waals surface area contributed by atoms with Crippen molar-refractivity contribution in [3.8, 4) is 0 Å². The maximum absolute atomic E-state index is 4.46. The maximum Gasteiger partial charge on any atom is 0.150 e. The Balaban J connectivity index is 2.13. The molecule has 0 bridgehead atoms. The van der Waals surface area contributed by atoms with Crippen molar-refractivity contribution in [2.75, 3.05) is 13.1 Å². The largest absolute Gasteiger partial charge is 0.316 e. The molecule has 0 saturated heterocycles. The molecule has 1 aromatic heterocycles. The summed E-state index contributed by atoms with van der Waals surface area (Å²) in [4.78, 5) is 4.46. The smallest absolute Gasteiger partial charge is 0.150 e. The second-order valence-electron chi connectivity index (χ2n) is 4.57. The molecule has 0 aliphatic heterocycles. The van der Waals surface area contributed by atoms with E-state index < -0.39 is 0 Å². The molecule has 0 aromatic carbocycles.